The molecule has 1 aromatic heterocycles. The van der Waals surface area contributed by atoms with E-state index in [1.807, 2.05) is 67.6 Å². The van der Waals surface area contributed by atoms with Gasteiger partial charge in [-0.2, -0.15) is 4.98 Å². The third-order valence-electron chi connectivity index (χ3n) is 5.22. The Bertz CT molecular complexity index is 1350. The van der Waals surface area contributed by atoms with E-state index in [0.717, 1.165) is 11.3 Å². The number of aromatic amines is 1. The fourth-order valence-corrected chi connectivity index (χ4v) is 3.70. The van der Waals surface area contributed by atoms with E-state index in [1.165, 1.54) is 0 Å². The van der Waals surface area contributed by atoms with E-state index in [9.17, 15) is 4.79 Å². The molecule has 4 aromatic rings. The Morgan fingerprint density at radius 3 is 2.34 bits per heavy atom. The van der Waals surface area contributed by atoms with Gasteiger partial charge in [0.05, 0.1) is 17.2 Å². The maximum atomic E-state index is 12.5. The largest absolute Gasteiger partial charge is 0.493 e. The Morgan fingerprint density at radius 2 is 1.66 bits per heavy atom. The number of aromatic nitrogens is 3. The van der Waals surface area contributed by atoms with Crippen LogP contribution in [0.3, 0.4) is 0 Å². The monoisotopic (exact) mass is 489 g/mol. The van der Waals surface area contributed by atoms with Gasteiger partial charge in [0.2, 0.25) is 0 Å². The van der Waals surface area contributed by atoms with Gasteiger partial charge >= 0.3 is 5.69 Å². The molecule has 0 saturated carbocycles. The molecule has 35 heavy (non-hydrogen) atoms. The number of benzene rings is 3. The van der Waals surface area contributed by atoms with Crippen LogP contribution in [0, 0.1) is 5.41 Å². The highest BCUT2D eigenvalue weighted by Gasteiger charge is 2.18. The van der Waals surface area contributed by atoms with Crippen molar-refractivity contribution >= 4 is 11.6 Å². The van der Waals surface area contributed by atoms with Crippen molar-refractivity contribution < 1.29 is 9.47 Å². The van der Waals surface area contributed by atoms with Gasteiger partial charge in [0, 0.05) is 5.56 Å². The molecule has 0 spiro atoms. The topological polar surface area (TPSA) is 77.1 Å². The molecule has 0 radical (unpaired) electrons. The Hall–Kier alpha value is -3.64. The van der Waals surface area contributed by atoms with Gasteiger partial charge in [-0.15, -0.1) is 0 Å². The maximum absolute atomic E-state index is 12.5. The molecule has 1 atom stereocenters. The van der Waals surface area contributed by atoms with Gasteiger partial charge in [0.15, 0.2) is 5.82 Å². The molecule has 0 amide bonds. The van der Waals surface area contributed by atoms with E-state index < -0.39 is 5.69 Å². The van der Waals surface area contributed by atoms with Crippen LogP contribution in [0.25, 0.3) is 22.8 Å². The van der Waals surface area contributed by atoms with Gasteiger partial charge in [-0.05, 0) is 54.3 Å². The minimum atomic E-state index is -0.528. The van der Waals surface area contributed by atoms with Crippen LogP contribution < -0.4 is 15.2 Å². The van der Waals surface area contributed by atoms with Crippen molar-refractivity contribution in [1.82, 2.24) is 15.0 Å². The molecule has 1 N–H and O–H groups in total. The lowest BCUT2D eigenvalue weighted by Gasteiger charge is -2.19. The summed E-state index contributed by atoms with van der Waals surface area (Å²) in [6.45, 7) is 8.88. The van der Waals surface area contributed by atoms with Gasteiger partial charge in [-0.3, -0.25) is 4.98 Å². The van der Waals surface area contributed by atoms with Crippen molar-refractivity contribution in [3.63, 3.8) is 0 Å². The zero-order chi connectivity index (χ0) is 25.0. The average molecular weight is 490 g/mol. The second kappa shape index (κ2) is 10.3. The molecular weight excluding hydrogens is 462 g/mol. The summed E-state index contributed by atoms with van der Waals surface area (Å²) in [5.41, 5.74) is 1.73. The molecule has 0 aliphatic carbocycles. The van der Waals surface area contributed by atoms with Gasteiger partial charge in [-0.25, -0.2) is 9.78 Å². The van der Waals surface area contributed by atoms with Gasteiger partial charge < -0.3 is 9.47 Å². The van der Waals surface area contributed by atoms with Crippen LogP contribution in [0.15, 0.2) is 77.6 Å². The predicted molar refractivity (Wildman–Crippen MR) is 139 cm³/mol. The van der Waals surface area contributed by atoms with Gasteiger partial charge in [-0.1, -0.05) is 68.8 Å². The van der Waals surface area contributed by atoms with Crippen molar-refractivity contribution in [1.29, 1.82) is 0 Å². The third kappa shape index (κ3) is 6.28. The SMILES string of the molecule is C[C@H](Oc1cccc(Cl)c1-c1nc(-c2ccc(OCC(C)(C)C)cc2)nc(=O)[nH]1)c1ccccc1. The van der Waals surface area contributed by atoms with Crippen LogP contribution in [0.1, 0.15) is 39.4 Å². The molecular formula is C28H28ClN3O3. The first-order valence-electron chi connectivity index (χ1n) is 11.4. The standard InChI is InChI=1S/C28H28ClN3O3/c1-18(19-9-6-5-7-10-19)35-23-12-8-11-22(29)24(23)26-30-25(31-27(33)32-26)20-13-15-21(16-14-20)34-17-28(2,3)4/h5-16,18H,17H2,1-4H3,(H,30,31,32,33)/t18-/m0/s1. The molecule has 0 aliphatic heterocycles. The molecule has 0 aliphatic rings. The van der Waals surface area contributed by atoms with E-state index in [0.29, 0.717) is 28.5 Å². The first-order valence-corrected chi connectivity index (χ1v) is 11.8. The van der Waals surface area contributed by atoms with E-state index >= 15 is 0 Å². The first kappa shape index (κ1) is 24.5. The molecule has 0 fully saturated rings. The quantitative estimate of drug-likeness (QED) is 0.312. The summed E-state index contributed by atoms with van der Waals surface area (Å²) in [5, 5.41) is 0.411. The number of halogens is 1. The minimum Gasteiger partial charge on any atom is -0.493 e. The summed E-state index contributed by atoms with van der Waals surface area (Å²) in [5.74, 6) is 1.83. The highest BCUT2D eigenvalue weighted by molar-refractivity contribution is 6.33. The number of nitrogens with zero attached hydrogens (tertiary/aromatic N) is 2. The zero-order valence-electron chi connectivity index (χ0n) is 20.2. The normalized spacial score (nSPS) is 12.3. The van der Waals surface area contributed by atoms with E-state index in [2.05, 4.69) is 35.7 Å². The van der Waals surface area contributed by atoms with Crippen molar-refractivity contribution in [2.24, 2.45) is 5.41 Å². The average Bonchev–Trinajstić information content (AvgIpc) is 2.83. The number of hydrogen-bond donors (Lipinski definition) is 1. The van der Waals surface area contributed by atoms with E-state index in [1.54, 1.807) is 12.1 Å². The third-order valence-corrected chi connectivity index (χ3v) is 5.53. The van der Waals surface area contributed by atoms with Gasteiger partial charge in [0.1, 0.15) is 23.4 Å². The lowest BCUT2D eigenvalue weighted by atomic mass is 9.99. The predicted octanol–water partition coefficient (Wildman–Crippen LogP) is 6.72. The Kier molecular flexibility index (Phi) is 7.22. The Morgan fingerprint density at radius 1 is 0.943 bits per heavy atom. The fraction of sp³-hybridized carbons (Fsp3) is 0.250. The summed E-state index contributed by atoms with van der Waals surface area (Å²) in [4.78, 5) is 23.9. The lowest BCUT2D eigenvalue weighted by Crippen LogP contribution is -2.17. The van der Waals surface area contributed by atoms with Gasteiger partial charge in [0.25, 0.3) is 0 Å². The minimum absolute atomic E-state index is 0.0517. The van der Waals surface area contributed by atoms with Crippen molar-refractivity contribution in [2.45, 2.75) is 33.8 Å². The molecule has 0 bridgehead atoms. The van der Waals surface area contributed by atoms with Crippen LogP contribution in [0.5, 0.6) is 11.5 Å². The molecule has 7 heteroatoms. The molecule has 6 nitrogen and oxygen atoms in total. The number of H-pyrrole nitrogens is 1. The molecule has 1 heterocycles. The van der Waals surface area contributed by atoms with Crippen molar-refractivity contribution in [3.8, 4) is 34.3 Å². The second-order valence-corrected chi connectivity index (χ2v) is 9.89. The maximum Gasteiger partial charge on any atom is 0.348 e. The molecule has 4 rings (SSSR count). The van der Waals surface area contributed by atoms with E-state index in [-0.39, 0.29) is 23.2 Å². The smallest absolute Gasteiger partial charge is 0.348 e. The van der Waals surface area contributed by atoms with E-state index in [4.69, 9.17) is 21.1 Å². The molecule has 180 valence electrons. The summed E-state index contributed by atoms with van der Waals surface area (Å²) < 4.78 is 12.1. The summed E-state index contributed by atoms with van der Waals surface area (Å²) in [6, 6.07) is 22.6. The number of hydrogen-bond acceptors (Lipinski definition) is 5. The van der Waals surface area contributed by atoms with Crippen LogP contribution >= 0.6 is 11.6 Å². The lowest BCUT2D eigenvalue weighted by molar-refractivity contribution is 0.198. The number of ether oxygens (including phenoxy) is 2. The highest BCUT2D eigenvalue weighted by atomic mass is 35.5. The Balaban J connectivity index is 1.66. The Labute approximate surface area is 210 Å². The van der Waals surface area contributed by atoms with Crippen molar-refractivity contribution in [2.75, 3.05) is 6.61 Å². The summed E-state index contributed by atoms with van der Waals surface area (Å²) >= 11 is 6.56. The number of nitrogens with one attached hydrogen (secondary N) is 1. The molecule has 3 aromatic carbocycles. The summed E-state index contributed by atoms with van der Waals surface area (Å²) in [7, 11) is 0. The number of rotatable bonds is 7. The highest BCUT2D eigenvalue weighted by Crippen LogP contribution is 2.37. The van der Waals surface area contributed by atoms with Crippen LogP contribution in [-0.2, 0) is 0 Å². The zero-order valence-corrected chi connectivity index (χ0v) is 21.0. The summed E-state index contributed by atoms with van der Waals surface area (Å²) in [6.07, 6.45) is -0.234. The molecule has 0 saturated heterocycles. The van der Waals surface area contributed by atoms with Crippen LogP contribution in [0.4, 0.5) is 0 Å². The van der Waals surface area contributed by atoms with Crippen LogP contribution in [-0.4, -0.2) is 21.6 Å². The van der Waals surface area contributed by atoms with Crippen molar-refractivity contribution in [3.05, 3.63) is 93.9 Å². The fourth-order valence-electron chi connectivity index (χ4n) is 3.45. The first-order chi connectivity index (χ1) is 16.7. The molecule has 0 unspecified atom stereocenters. The second-order valence-electron chi connectivity index (χ2n) is 9.48. The van der Waals surface area contributed by atoms with Crippen LogP contribution in [0.2, 0.25) is 5.02 Å².